The van der Waals surface area contributed by atoms with Crippen LogP contribution >= 0.6 is 27.5 Å². The minimum absolute atomic E-state index is 0.0516. The molecule has 0 aliphatic heterocycles. The molecule has 0 radical (unpaired) electrons. The molecule has 0 aliphatic carbocycles. The molecule has 0 fully saturated rings. The van der Waals surface area contributed by atoms with Crippen LogP contribution in [0.15, 0.2) is 22.7 Å². The molecule has 0 saturated heterocycles. The predicted octanol–water partition coefficient (Wildman–Crippen LogP) is 4.06. The Morgan fingerprint density at radius 2 is 1.81 bits per heavy atom. The number of benzene rings is 1. The Bertz CT molecular complexity index is 556. The second-order valence-electron chi connectivity index (χ2n) is 3.03. The SMILES string of the molecule is FC(F)(F)c1nnc(Cl)c2cc(Br)ccc12. The Morgan fingerprint density at radius 1 is 1.12 bits per heavy atom. The first kappa shape index (κ1) is 11.6. The van der Waals surface area contributed by atoms with Crippen molar-refractivity contribution in [2.45, 2.75) is 6.18 Å². The van der Waals surface area contributed by atoms with E-state index in [1.54, 1.807) is 0 Å². The first-order valence-corrected chi connectivity index (χ1v) is 5.25. The Balaban J connectivity index is 2.85. The minimum atomic E-state index is -4.54. The molecule has 84 valence electrons. The molecule has 0 N–H and O–H groups in total. The van der Waals surface area contributed by atoms with Crippen LogP contribution in [0, 0.1) is 0 Å². The number of rotatable bonds is 0. The number of aromatic nitrogens is 2. The highest BCUT2D eigenvalue weighted by Crippen LogP contribution is 2.35. The van der Waals surface area contributed by atoms with Gasteiger partial charge >= 0.3 is 6.18 Å². The van der Waals surface area contributed by atoms with E-state index in [2.05, 4.69) is 26.1 Å². The average Bonchev–Trinajstić information content (AvgIpc) is 2.17. The number of nitrogens with zero attached hydrogens (tertiary/aromatic N) is 2. The fourth-order valence-electron chi connectivity index (χ4n) is 1.30. The molecule has 16 heavy (non-hydrogen) atoms. The van der Waals surface area contributed by atoms with Gasteiger partial charge in [0.25, 0.3) is 0 Å². The van der Waals surface area contributed by atoms with Gasteiger partial charge in [0.1, 0.15) is 0 Å². The second-order valence-corrected chi connectivity index (χ2v) is 4.30. The van der Waals surface area contributed by atoms with Gasteiger partial charge in [-0.25, -0.2) is 0 Å². The lowest BCUT2D eigenvalue weighted by Crippen LogP contribution is -2.10. The summed E-state index contributed by atoms with van der Waals surface area (Å²) in [6.45, 7) is 0. The zero-order chi connectivity index (χ0) is 11.9. The summed E-state index contributed by atoms with van der Waals surface area (Å²) in [6, 6.07) is 4.28. The van der Waals surface area contributed by atoms with Crippen molar-refractivity contribution in [2.24, 2.45) is 0 Å². The predicted molar refractivity (Wildman–Crippen MR) is 57.3 cm³/mol. The Kier molecular flexibility index (Phi) is 2.79. The van der Waals surface area contributed by atoms with E-state index in [1.165, 1.54) is 18.2 Å². The van der Waals surface area contributed by atoms with Crippen LogP contribution in [-0.4, -0.2) is 10.2 Å². The second kappa shape index (κ2) is 3.85. The Hall–Kier alpha value is -0.880. The summed E-state index contributed by atoms with van der Waals surface area (Å²) in [7, 11) is 0. The van der Waals surface area contributed by atoms with Crippen LogP contribution < -0.4 is 0 Å². The van der Waals surface area contributed by atoms with E-state index in [0.717, 1.165) is 0 Å². The summed E-state index contributed by atoms with van der Waals surface area (Å²) < 4.78 is 38.4. The Morgan fingerprint density at radius 3 is 2.44 bits per heavy atom. The summed E-state index contributed by atoms with van der Waals surface area (Å²) in [5.74, 6) is 0. The molecule has 2 aromatic rings. The fourth-order valence-corrected chi connectivity index (χ4v) is 1.86. The van der Waals surface area contributed by atoms with Crippen LogP contribution in [0.2, 0.25) is 5.15 Å². The summed E-state index contributed by atoms with van der Waals surface area (Å²) in [5.41, 5.74) is -1.03. The van der Waals surface area contributed by atoms with Crippen LogP contribution in [-0.2, 0) is 6.18 Å². The van der Waals surface area contributed by atoms with Crippen molar-refractivity contribution in [1.82, 2.24) is 10.2 Å². The van der Waals surface area contributed by atoms with Gasteiger partial charge in [0.05, 0.1) is 0 Å². The number of halogens is 5. The number of hydrogen-bond donors (Lipinski definition) is 0. The van der Waals surface area contributed by atoms with Crippen molar-refractivity contribution in [3.8, 4) is 0 Å². The summed E-state index contributed by atoms with van der Waals surface area (Å²) in [4.78, 5) is 0. The molecule has 0 atom stereocenters. The highest BCUT2D eigenvalue weighted by atomic mass is 79.9. The van der Waals surface area contributed by atoms with E-state index in [-0.39, 0.29) is 15.9 Å². The van der Waals surface area contributed by atoms with E-state index < -0.39 is 11.9 Å². The van der Waals surface area contributed by atoms with Gasteiger partial charge in [-0.15, -0.1) is 10.2 Å². The maximum absolute atomic E-state index is 12.6. The molecule has 1 aromatic carbocycles. The molecular weight excluding hydrogens is 308 g/mol. The van der Waals surface area contributed by atoms with Crippen molar-refractivity contribution < 1.29 is 13.2 Å². The van der Waals surface area contributed by atoms with Gasteiger partial charge in [-0.05, 0) is 12.1 Å². The van der Waals surface area contributed by atoms with E-state index in [0.29, 0.717) is 4.47 Å². The van der Waals surface area contributed by atoms with Crippen LogP contribution in [0.3, 0.4) is 0 Å². The van der Waals surface area contributed by atoms with E-state index in [9.17, 15) is 13.2 Å². The van der Waals surface area contributed by atoms with Gasteiger partial charge in [-0.3, -0.25) is 0 Å². The van der Waals surface area contributed by atoms with E-state index >= 15 is 0 Å². The molecular formula is C9H3BrClF3N2. The monoisotopic (exact) mass is 310 g/mol. The van der Waals surface area contributed by atoms with Gasteiger partial charge in [0, 0.05) is 15.2 Å². The quantitative estimate of drug-likeness (QED) is 0.733. The zero-order valence-electron chi connectivity index (χ0n) is 7.52. The van der Waals surface area contributed by atoms with Crippen LogP contribution in [0.25, 0.3) is 10.8 Å². The third kappa shape index (κ3) is 1.99. The number of hydrogen-bond acceptors (Lipinski definition) is 2. The maximum atomic E-state index is 12.6. The first-order chi connectivity index (χ1) is 7.39. The van der Waals surface area contributed by atoms with Gasteiger partial charge in [0.2, 0.25) is 0 Å². The van der Waals surface area contributed by atoms with E-state index in [4.69, 9.17) is 11.6 Å². The smallest absolute Gasteiger partial charge is 0.164 e. The highest BCUT2D eigenvalue weighted by Gasteiger charge is 2.35. The molecule has 0 spiro atoms. The van der Waals surface area contributed by atoms with Gasteiger partial charge < -0.3 is 0 Å². The lowest BCUT2D eigenvalue weighted by atomic mass is 10.1. The van der Waals surface area contributed by atoms with Crippen LogP contribution in [0.1, 0.15) is 5.69 Å². The molecule has 0 amide bonds. The summed E-state index contributed by atoms with van der Waals surface area (Å²) >= 11 is 8.84. The average molecular weight is 311 g/mol. The highest BCUT2D eigenvalue weighted by molar-refractivity contribution is 9.10. The van der Waals surface area contributed by atoms with Crippen molar-refractivity contribution in [3.63, 3.8) is 0 Å². The molecule has 0 unspecified atom stereocenters. The molecule has 0 bridgehead atoms. The van der Waals surface area contributed by atoms with Crippen molar-refractivity contribution in [1.29, 1.82) is 0 Å². The van der Waals surface area contributed by atoms with Gasteiger partial charge in [-0.2, -0.15) is 13.2 Å². The summed E-state index contributed by atoms with van der Waals surface area (Å²) in [5, 5.41) is 6.48. The lowest BCUT2D eigenvalue weighted by molar-refractivity contribution is -0.140. The molecule has 1 heterocycles. The molecule has 2 nitrogen and oxygen atoms in total. The normalized spacial score (nSPS) is 12.1. The molecule has 2 rings (SSSR count). The maximum Gasteiger partial charge on any atom is 0.435 e. The van der Waals surface area contributed by atoms with Crippen molar-refractivity contribution >= 4 is 38.3 Å². The molecule has 0 aliphatic rings. The van der Waals surface area contributed by atoms with Gasteiger partial charge in [-0.1, -0.05) is 33.6 Å². The fraction of sp³-hybridized carbons (Fsp3) is 0.111. The number of fused-ring (bicyclic) bond motifs is 1. The molecule has 1 aromatic heterocycles. The van der Waals surface area contributed by atoms with Crippen molar-refractivity contribution in [3.05, 3.63) is 33.5 Å². The first-order valence-electron chi connectivity index (χ1n) is 4.08. The largest absolute Gasteiger partial charge is 0.435 e. The van der Waals surface area contributed by atoms with Crippen molar-refractivity contribution in [2.75, 3.05) is 0 Å². The van der Waals surface area contributed by atoms with E-state index in [1.807, 2.05) is 0 Å². The standard InChI is InChI=1S/C9H3BrClF3N2/c10-4-1-2-5-6(3-4)8(11)16-15-7(5)9(12,13)14/h1-3H. The van der Waals surface area contributed by atoms with Gasteiger partial charge in [0.15, 0.2) is 10.8 Å². The topological polar surface area (TPSA) is 25.8 Å². The third-order valence-corrected chi connectivity index (χ3v) is 2.74. The lowest BCUT2D eigenvalue weighted by Gasteiger charge is -2.09. The van der Waals surface area contributed by atoms with Crippen LogP contribution in [0.5, 0.6) is 0 Å². The Labute approximate surface area is 102 Å². The third-order valence-electron chi connectivity index (χ3n) is 1.97. The molecule has 7 heteroatoms. The minimum Gasteiger partial charge on any atom is -0.164 e. The van der Waals surface area contributed by atoms with Crippen LogP contribution in [0.4, 0.5) is 13.2 Å². The zero-order valence-corrected chi connectivity index (χ0v) is 9.86. The molecule has 0 saturated carbocycles. The summed E-state index contributed by atoms with van der Waals surface area (Å²) in [6.07, 6.45) is -4.54. The number of alkyl halides is 3.